The number of fused-ring (bicyclic) bond motifs is 4. The van der Waals surface area contributed by atoms with E-state index in [1.54, 1.807) is 18.2 Å². The third-order valence-electron chi connectivity index (χ3n) is 8.94. The molecule has 2 bridgehead atoms. The zero-order chi connectivity index (χ0) is 36.0. The molecule has 14 heteroatoms. The Kier molecular flexibility index (Phi) is 8.89. The topological polar surface area (TPSA) is 124 Å². The van der Waals surface area contributed by atoms with Gasteiger partial charge in [0.1, 0.15) is 17.6 Å². The van der Waals surface area contributed by atoms with Gasteiger partial charge in [0.25, 0.3) is 0 Å². The fourth-order valence-electron chi connectivity index (χ4n) is 6.16. The Morgan fingerprint density at radius 3 is 2.58 bits per heavy atom. The first-order chi connectivity index (χ1) is 23.6. The Morgan fingerprint density at radius 1 is 1.12 bits per heavy atom. The molecule has 0 spiro atoms. The van der Waals surface area contributed by atoms with Gasteiger partial charge < -0.3 is 25.6 Å². The van der Waals surface area contributed by atoms with Crippen LogP contribution in [0.1, 0.15) is 56.2 Å². The second-order valence-electron chi connectivity index (χ2n) is 12.9. The molecule has 1 aliphatic rings. The van der Waals surface area contributed by atoms with Gasteiger partial charge >= 0.3 is 6.30 Å². The van der Waals surface area contributed by atoms with Crippen molar-refractivity contribution < 1.29 is 31.8 Å². The van der Waals surface area contributed by atoms with Crippen LogP contribution in [0.15, 0.2) is 79.6 Å². The van der Waals surface area contributed by atoms with Crippen molar-refractivity contribution in [2.75, 3.05) is 17.7 Å². The van der Waals surface area contributed by atoms with Gasteiger partial charge in [-0.1, -0.05) is 26.3 Å². The molecule has 0 aliphatic carbocycles. The molecule has 2 aromatic carbocycles. The van der Waals surface area contributed by atoms with Crippen LogP contribution in [0.25, 0.3) is 33.5 Å². The highest BCUT2D eigenvalue weighted by atomic mass is 19.4. The van der Waals surface area contributed by atoms with Gasteiger partial charge in [0.2, 0.25) is 11.6 Å². The predicted octanol–water partition coefficient (Wildman–Crippen LogP) is 7.97. The molecule has 3 N–H and O–H groups in total. The average Bonchev–Trinajstić information content (AvgIpc) is 3.71. The normalized spacial score (nSPS) is 16.1. The molecule has 5 aromatic rings. The number of aryl methyl sites for hydroxylation is 1. The number of rotatable bonds is 6. The molecule has 0 fully saturated rings. The van der Waals surface area contributed by atoms with E-state index in [0.717, 1.165) is 24.2 Å². The van der Waals surface area contributed by atoms with Gasteiger partial charge in [-0.2, -0.15) is 14.5 Å². The van der Waals surface area contributed by atoms with Gasteiger partial charge in [-0.3, -0.25) is 4.79 Å². The summed E-state index contributed by atoms with van der Waals surface area (Å²) < 4.78 is 60.0. The number of benzene rings is 2. The van der Waals surface area contributed by atoms with Crippen LogP contribution in [0.4, 0.5) is 28.9 Å². The number of alkyl halides is 3. The standard InChI is InChI=1S/C36H35F4N7O3/c1-20-32-27-12-10-25(43-21(2)50-5)16-30(27)44-34(48)35(3,4)14-6-7-28(33(42-20)45-32)31-13-8-22(18-46(31)49)29-15-24(37)9-11-26(29)23-17-41-47(19-23)36(38,39)40/h8-13,15-19,28,43H,2,6-7,14H2,1,3-5H3,(H,42,45)(H,44,48)/t28-/m1/s1. The summed E-state index contributed by atoms with van der Waals surface area (Å²) in [6.07, 6.45) is -0.0431. The number of aromatic amines is 1. The van der Waals surface area contributed by atoms with Crippen LogP contribution in [0.2, 0.25) is 0 Å². The van der Waals surface area contributed by atoms with Crippen LogP contribution in [0, 0.1) is 23.4 Å². The maximum atomic E-state index is 14.5. The number of carbonyl (C=O) groups is 1. The van der Waals surface area contributed by atoms with E-state index < -0.39 is 23.5 Å². The van der Waals surface area contributed by atoms with Crippen LogP contribution < -0.4 is 15.4 Å². The van der Waals surface area contributed by atoms with Crippen molar-refractivity contribution in [1.29, 1.82) is 0 Å². The van der Waals surface area contributed by atoms with Crippen LogP contribution in [0.3, 0.4) is 0 Å². The van der Waals surface area contributed by atoms with Crippen LogP contribution in [0.5, 0.6) is 0 Å². The maximum Gasteiger partial charge on any atom is 0.504 e. The fraction of sp³-hybridized carbons (Fsp3) is 0.278. The zero-order valence-electron chi connectivity index (χ0n) is 27.8. The SMILES string of the molecule is C=C(Nc1ccc2c(c1)NC(=O)C(C)(C)CCC[C@H](c1ccc(-c3cc(F)ccc3-c3cnn(C(F)(F)F)c3)c[n+]1[O-])c1nc-2c(C)[nH]1)OC. The van der Waals surface area contributed by atoms with Crippen molar-refractivity contribution in [1.82, 2.24) is 19.7 Å². The molecule has 4 heterocycles. The van der Waals surface area contributed by atoms with E-state index in [2.05, 4.69) is 27.3 Å². The summed E-state index contributed by atoms with van der Waals surface area (Å²) in [7, 11) is 1.49. The molecule has 0 unspecified atom stereocenters. The first kappa shape index (κ1) is 34.2. The van der Waals surface area contributed by atoms with E-state index in [0.29, 0.717) is 69.6 Å². The average molecular weight is 690 g/mol. The predicted molar refractivity (Wildman–Crippen MR) is 180 cm³/mol. The van der Waals surface area contributed by atoms with Crippen molar-refractivity contribution in [3.63, 3.8) is 0 Å². The summed E-state index contributed by atoms with van der Waals surface area (Å²) in [6.45, 7) is 9.39. The number of amides is 1. The minimum absolute atomic E-state index is 0.107. The summed E-state index contributed by atoms with van der Waals surface area (Å²) in [4.78, 5) is 21.9. The van der Waals surface area contributed by atoms with E-state index in [9.17, 15) is 27.6 Å². The Hall–Kier alpha value is -5.66. The van der Waals surface area contributed by atoms with E-state index in [1.165, 1.54) is 25.4 Å². The number of methoxy groups -OCH3 is 1. The molecular formula is C36H35F4N7O3. The second kappa shape index (κ2) is 13.0. The number of pyridine rings is 1. The van der Waals surface area contributed by atoms with Crippen LogP contribution in [-0.2, 0) is 15.8 Å². The summed E-state index contributed by atoms with van der Waals surface area (Å²) >= 11 is 0. The number of H-pyrrole nitrogens is 1. The van der Waals surface area contributed by atoms with Crippen molar-refractivity contribution >= 4 is 17.3 Å². The van der Waals surface area contributed by atoms with Crippen molar-refractivity contribution in [2.24, 2.45) is 5.41 Å². The lowest BCUT2D eigenvalue weighted by atomic mass is 9.83. The van der Waals surface area contributed by atoms with E-state index >= 15 is 0 Å². The smallest absolute Gasteiger partial charge is 0.504 e. The first-order valence-electron chi connectivity index (χ1n) is 15.8. The minimum Gasteiger partial charge on any atom is -0.618 e. The molecule has 260 valence electrons. The highest BCUT2D eigenvalue weighted by Gasteiger charge is 2.34. The van der Waals surface area contributed by atoms with Crippen molar-refractivity contribution in [3.8, 4) is 33.5 Å². The van der Waals surface area contributed by atoms with Crippen molar-refractivity contribution in [3.05, 3.63) is 108 Å². The summed E-state index contributed by atoms with van der Waals surface area (Å²) in [5.41, 5.74) is 3.66. The Balaban J connectivity index is 1.42. The molecule has 1 atom stereocenters. The summed E-state index contributed by atoms with van der Waals surface area (Å²) in [5, 5.41) is 23.3. The number of halogens is 4. The lowest BCUT2D eigenvalue weighted by Gasteiger charge is -2.26. The molecule has 0 saturated carbocycles. The lowest BCUT2D eigenvalue weighted by molar-refractivity contribution is -0.614. The first-order valence-corrected chi connectivity index (χ1v) is 15.8. The van der Waals surface area contributed by atoms with Gasteiger partial charge in [-0.15, -0.1) is 13.2 Å². The number of imidazole rings is 1. The minimum atomic E-state index is -4.73. The van der Waals surface area contributed by atoms with E-state index in [1.807, 2.05) is 32.9 Å². The third-order valence-corrected chi connectivity index (χ3v) is 8.94. The van der Waals surface area contributed by atoms with E-state index in [-0.39, 0.29) is 27.3 Å². The fourth-order valence-corrected chi connectivity index (χ4v) is 6.16. The summed E-state index contributed by atoms with van der Waals surface area (Å²) in [6, 6.07) is 12.4. The van der Waals surface area contributed by atoms with Gasteiger partial charge in [-0.05, 0) is 73.9 Å². The number of hydrogen-bond acceptors (Lipinski definition) is 6. The highest BCUT2D eigenvalue weighted by Crippen LogP contribution is 2.39. The molecule has 1 aliphatic heterocycles. The number of anilines is 2. The molecule has 0 radical (unpaired) electrons. The van der Waals surface area contributed by atoms with Gasteiger partial charge in [0, 0.05) is 45.7 Å². The quantitative estimate of drug-likeness (QED) is 0.0719. The molecule has 10 nitrogen and oxygen atoms in total. The van der Waals surface area contributed by atoms with Crippen molar-refractivity contribution in [2.45, 2.75) is 52.3 Å². The number of ether oxygens (including phenoxy) is 1. The number of carbonyl (C=O) groups excluding carboxylic acids is 1. The Labute approximate surface area is 285 Å². The third kappa shape index (κ3) is 6.78. The highest BCUT2D eigenvalue weighted by molar-refractivity contribution is 5.99. The molecule has 6 rings (SSSR count). The summed E-state index contributed by atoms with van der Waals surface area (Å²) in [5.74, 6) is -0.439. The second-order valence-corrected chi connectivity index (χ2v) is 12.9. The number of aromatic nitrogens is 5. The van der Waals surface area contributed by atoms with E-state index in [4.69, 9.17) is 9.72 Å². The maximum absolute atomic E-state index is 14.5. The molecular weight excluding hydrogens is 654 g/mol. The zero-order valence-corrected chi connectivity index (χ0v) is 27.8. The lowest BCUT2D eigenvalue weighted by Crippen LogP contribution is -2.34. The molecule has 50 heavy (non-hydrogen) atoms. The monoisotopic (exact) mass is 689 g/mol. The Bertz CT molecular complexity index is 2100. The van der Waals surface area contributed by atoms with Gasteiger partial charge in [0.05, 0.1) is 24.7 Å². The molecule has 1 amide bonds. The van der Waals surface area contributed by atoms with Gasteiger partial charge in [0.15, 0.2) is 12.1 Å². The number of hydrogen-bond donors (Lipinski definition) is 3. The van der Waals surface area contributed by atoms with Crippen LogP contribution in [-0.4, -0.2) is 32.8 Å². The number of nitrogens with one attached hydrogen (secondary N) is 3. The Morgan fingerprint density at radius 2 is 1.88 bits per heavy atom. The largest absolute Gasteiger partial charge is 0.618 e. The van der Waals surface area contributed by atoms with Gasteiger partial charge in [-0.25, -0.2) is 9.37 Å². The van der Waals surface area contributed by atoms with Crippen LogP contribution >= 0.6 is 0 Å². The molecule has 0 saturated heterocycles. The number of nitrogens with zero attached hydrogens (tertiary/aromatic N) is 4. The molecule has 3 aromatic heterocycles.